The van der Waals surface area contributed by atoms with Gasteiger partial charge in [-0.2, -0.15) is 0 Å². The van der Waals surface area contributed by atoms with E-state index in [0.717, 1.165) is 24.0 Å². The topological polar surface area (TPSA) is 60.4 Å². The molecule has 1 fully saturated rings. The van der Waals surface area contributed by atoms with Crippen LogP contribution in [0.4, 0.5) is 0 Å². The van der Waals surface area contributed by atoms with Crippen LogP contribution in [0.5, 0.6) is 0 Å². The second-order valence-electron chi connectivity index (χ2n) is 7.21. The maximum atomic E-state index is 12.3. The van der Waals surface area contributed by atoms with Gasteiger partial charge in [-0.1, -0.05) is 25.0 Å². The van der Waals surface area contributed by atoms with Crippen molar-refractivity contribution in [2.24, 2.45) is 11.3 Å². The minimum Gasteiger partial charge on any atom is -0.459 e. The number of hydrogen-bond donors (Lipinski definition) is 0. The molecule has 0 spiro atoms. The third kappa shape index (κ3) is 3.77. The molecule has 0 saturated heterocycles. The van der Waals surface area contributed by atoms with Crippen molar-refractivity contribution in [2.75, 3.05) is 6.26 Å². The van der Waals surface area contributed by atoms with Crippen LogP contribution in [0.25, 0.3) is 0 Å². The quantitative estimate of drug-likeness (QED) is 0.578. The largest absolute Gasteiger partial charge is 0.459 e. The summed E-state index contributed by atoms with van der Waals surface area (Å²) >= 11 is 0. The number of ketones is 1. The van der Waals surface area contributed by atoms with Crippen LogP contribution >= 0.6 is 0 Å². The van der Waals surface area contributed by atoms with Gasteiger partial charge in [-0.05, 0) is 50.2 Å². The van der Waals surface area contributed by atoms with Crippen LogP contribution in [0, 0.1) is 11.3 Å². The standard InChI is InChI=1S/C19H26O4S/c1-12(2)15-11-19(4)13(3)17(7-6-14(19)10-16(15)20)23-18(21)8-9-24(5)22/h8-10,13,17H,6-7,11H2,1-5H3/b9-8-/t13-,17+,19+,24+/m0/s1. The molecular weight excluding hydrogens is 324 g/mol. The first-order valence-electron chi connectivity index (χ1n) is 8.28. The molecule has 0 unspecified atom stereocenters. The number of fused-ring (bicyclic) bond motifs is 1. The molecule has 132 valence electrons. The molecule has 2 aliphatic carbocycles. The summed E-state index contributed by atoms with van der Waals surface area (Å²) in [5.74, 6) is -0.213. The second kappa shape index (κ2) is 7.18. The molecule has 0 aromatic carbocycles. The average Bonchev–Trinajstić information content (AvgIpc) is 2.49. The first-order chi connectivity index (χ1) is 11.1. The molecule has 0 N–H and O–H groups in total. The van der Waals surface area contributed by atoms with Gasteiger partial charge in [-0.3, -0.25) is 9.00 Å². The highest BCUT2D eigenvalue weighted by molar-refractivity contribution is 7.87. The lowest BCUT2D eigenvalue weighted by atomic mass is 9.58. The van der Waals surface area contributed by atoms with Gasteiger partial charge < -0.3 is 4.74 Å². The second-order valence-corrected chi connectivity index (χ2v) is 8.48. The Hall–Kier alpha value is -1.49. The van der Waals surface area contributed by atoms with Gasteiger partial charge in [0.2, 0.25) is 0 Å². The summed E-state index contributed by atoms with van der Waals surface area (Å²) in [4.78, 5) is 24.2. The van der Waals surface area contributed by atoms with Crippen LogP contribution in [0.3, 0.4) is 0 Å². The van der Waals surface area contributed by atoms with Crippen molar-refractivity contribution in [1.29, 1.82) is 0 Å². The summed E-state index contributed by atoms with van der Waals surface area (Å²) in [6.07, 6.45) is 6.53. The van der Waals surface area contributed by atoms with E-state index in [9.17, 15) is 13.8 Å². The molecule has 0 heterocycles. The van der Waals surface area contributed by atoms with Crippen LogP contribution in [0.15, 0.2) is 34.3 Å². The molecule has 0 aromatic heterocycles. The summed E-state index contributed by atoms with van der Waals surface area (Å²) in [6.45, 7) is 8.19. The van der Waals surface area contributed by atoms with Crippen molar-refractivity contribution in [3.63, 3.8) is 0 Å². The van der Waals surface area contributed by atoms with E-state index < -0.39 is 16.8 Å². The van der Waals surface area contributed by atoms with E-state index in [1.807, 2.05) is 13.8 Å². The van der Waals surface area contributed by atoms with Gasteiger partial charge in [0.05, 0.1) is 0 Å². The molecular formula is C19H26O4S. The van der Waals surface area contributed by atoms with Crippen molar-refractivity contribution >= 4 is 22.6 Å². The third-order valence-corrected chi connectivity index (χ3v) is 5.93. The highest BCUT2D eigenvalue weighted by Gasteiger charge is 2.47. The van der Waals surface area contributed by atoms with Gasteiger partial charge in [-0.15, -0.1) is 0 Å². The number of rotatable bonds is 3. The smallest absolute Gasteiger partial charge is 0.331 e. The van der Waals surface area contributed by atoms with E-state index in [4.69, 9.17) is 4.74 Å². The average molecular weight is 350 g/mol. The Morgan fingerprint density at radius 2 is 2.08 bits per heavy atom. The highest BCUT2D eigenvalue weighted by atomic mass is 32.2. The van der Waals surface area contributed by atoms with Crippen LogP contribution in [0.2, 0.25) is 0 Å². The highest BCUT2D eigenvalue weighted by Crippen LogP contribution is 2.52. The minimum atomic E-state index is -1.16. The van der Waals surface area contributed by atoms with Crippen LogP contribution in [-0.2, 0) is 25.1 Å². The fourth-order valence-corrected chi connectivity index (χ4v) is 3.97. The fraction of sp³-hybridized carbons (Fsp3) is 0.579. The Morgan fingerprint density at radius 3 is 2.67 bits per heavy atom. The molecule has 0 radical (unpaired) electrons. The van der Waals surface area contributed by atoms with E-state index >= 15 is 0 Å². The number of allylic oxidation sites excluding steroid dienone is 4. The molecule has 1 saturated carbocycles. The zero-order chi connectivity index (χ0) is 18.1. The van der Waals surface area contributed by atoms with Crippen LogP contribution in [0.1, 0.15) is 47.0 Å². The van der Waals surface area contributed by atoms with Gasteiger partial charge in [0.25, 0.3) is 0 Å². The van der Waals surface area contributed by atoms with Crippen molar-refractivity contribution in [3.8, 4) is 0 Å². The number of hydrogen-bond acceptors (Lipinski definition) is 4. The summed E-state index contributed by atoms with van der Waals surface area (Å²) in [6, 6.07) is 0. The zero-order valence-electron chi connectivity index (χ0n) is 15.0. The Morgan fingerprint density at radius 1 is 1.42 bits per heavy atom. The molecule has 4 atom stereocenters. The minimum absolute atomic E-state index is 0.115. The van der Waals surface area contributed by atoms with Gasteiger partial charge in [0.1, 0.15) is 6.10 Å². The van der Waals surface area contributed by atoms with Crippen molar-refractivity contribution in [2.45, 2.75) is 53.1 Å². The molecule has 0 aromatic rings. The van der Waals surface area contributed by atoms with Crippen molar-refractivity contribution in [1.82, 2.24) is 0 Å². The molecule has 0 amide bonds. The maximum absolute atomic E-state index is 12.3. The van der Waals surface area contributed by atoms with E-state index in [0.29, 0.717) is 6.42 Å². The first kappa shape index (κ1) is 18.8. The first-order valence-corrected chi connectivity index (χ1v) is 9.90. The normalized spacial score (nSPS) is 31.5. The number of ether oxygens (including phenoxy) is 1. The molecule has 24 heavy (non-hydrogen) atoms. The Labute approximate surface area is 146 Å². The predicted octanol–water partition coefficient (Wildman–Crippen LogP) is 3.46. The van der Waals surface area contributed by atoms with Gasteiger partial charge in [0, 0.05) is 34.5 Å². The molecule has 4 nitrogen and oxygen atoms in total. The maximum Gasteiger partial charge on any atom is 0.331 e. The molecule has 0 aliphatic heterocycles. The monoisotopic (exact) mass is 350 g/mol. The van der Waals surface area contributed by atoms with Crippen LogP contribution < -0.4 is 0 Å². The van der Waals surface area contributed by atoms with Gasteiger partial charge in [0.15, 0.2) is 5.78 Å². The van der Waals surface area contributed by atoms with Gasteiger partial charge in [-0.25, -0.2) is 4.79 Å². The van der Waals surface area contributed by atoms with E-state index in [1.165, 1.54) is 23.3 Å². The number of carbonyl (C=O) groups is 2. The summed E-state index contributed by atoms with van der Waals surface area (Å²) < 4.78 is 16.6. The fourth-order valence-electron chi connectivity index (χ4n) is 3.67. The van der Waals surface area contributed by atoms with Crippen molar-refractivity contribution in [3.05, 3.63) is 34.3 Å². The number of esters is 1. The summed E-state index contributed by atoms with van der Waals surface area (Å²) in [5, 5.41) is 1.34. The summed E-state index contributed by atoms with van der Waals surface area (Å²) in [5.41, 5.74) is 2.93. The molecule has 2 rings (SSSR count). The van der Waals surface area contributed by atoms with E-state index in [2.05, 4.69) is 13.8 Å². The summed E-state index contributed by atoms with van der Waals surface area (Å²) in [7, 11) is -1.16. The third-order valence-electron chi connectivity index (χ3n) is 5.41. The zero-order valence-corrected chi connectivity index (χ0v) is 15.9. The van der Waals surface area contributed by atoms with Crippen molar-refractivity contribution < 1.29 is 18.5 Å². The van der Waals surface area contributed by atoms with Crippen LogP contribution in [-0.4, -0.2) is 28.3 Å². The lowest BCUT2D eigenvalue weighted by molar-refractivity contribution is -0.149. The van der Waals surface area contributed by atoms with E-state index in [1.54, 1.807) is 6.08 Å². The lowest BCUT2D eigenvalue weighted by Gasteiger charge is -2.48. The molecule has 2 aliphatic rings. The number of carbonyl (C=O) groups excluding carboxylic acids is 2. The Bertz CT molecular complexity index is 667. The Kier molecular flexibility index (Phi) is 5.63. The molecule has 0 bridgehead atoms. The van der Waals surface area contributed by atoms with Gasteiger partial charge >= 0.3 is 5.97 Å². The SMILES string of the molecule is CC(C)=C1C[C@@]2(C)C(=CC1=O)CC[C@@H](OC(=O)/C=C\[S@@](C)=O)[C@@H]2C. The predicted molar refractivity (Wildman–Crippen MR) is 95.7 cm³/mol. The lowest BCUT2D eigenvalue weighted by Crippen LogP contribution is -2.44. The Balaban J connectivity index is 2.22. The van der Waals surface area contributed by atoms with E-state index in [-0.39, 0.29) is 23.2 Å². The molecule has 5 heteroatoms.